The zero-order valence-corrected chi connectivity index (χ0v) is 13.0. The zero-order valence-electron chi connectivity index (χ0n) is 13.0. The van der Waals surface area contributed by atoms with Crippen molar-refractivity contribution in [2.24, 2.45) is 0 Å². The van der Waals surface area contributed by atoms with Crippen molar-refractivity contribution in [2.45, 2.75) is 25.8 Å². The van der Waals surface area contributed by atoms with Crippen molar-refractivity contribution in [3.63, 3.8) is 0 Å². The van der Waals surface area contributed by atoms with Crippen LogP contribution < -0.4 is 11.1 Å². The van der Waals surface area contributed by atoms with E-state index in [2.05, 4.69) is 5.32 Å². The number of nitrogen functional groups attached to an aromatic ring is 1. The fourth-order valence-electron chi connectivity index (χ4n) is 2.28. The molecule has 4 N–H and O–H groups in total. The molecule has 0 saturated heterocycles. The van der Waals surface area contributed by atoms with Crippen molar-refractivity contribution in [3.8, 4) is 11.1 Å². The molecule has 23 heavy (non-hydrogen) atoms. The topological polar surface area (TPSA) is 92.4 Å². The van der Waals surface area contributed by atoms with Crippen molar-refractivity contribution in [1.29, 1.82) is 0 Å². The molecule has 1 atom stereocenters. The van der Waals surface area contributed by atoms with E-state index in [0.717, 1.165) is 11.1 Å². The Morgan fingerprint density at radius 2 is 1.57 bits per heavy atom. The van der Waals surface area contributed by atoms with Crippen LogP contribution in [0.4, 0.5) is 5.69 Å². The maximum atomic E-state index is 12.1. The van der Waals surface area contributed by atoms with E-state index in [1.54, 1.807) is 12.1 Å². The van der Waals surface area contributed by atoms with Crippen molar-refractivity contribution in [2.75, 3.05) is 5.73 Å². The number of amides is 1. The van der Waals surface area contributed by atoms with Gasteiger partial charge < -0.3 is 16.2 Å². The summed E-state index contributed by atoms with van der Waals surface area (Å²) in [5, 5.41) is 11.6. The highest BCUT2D eigenvalue weighted by Gasteiger charge is 2.19. The molecule has 2 aromatic carbocycles. The number of carbonyl (C=O) groups excluding carboxylic acids is 1. The number of hydrogen-bond donors (Lipinski definition) is 3. The van der Waals surface area contributed by atoms with Gasteiger partial charge in [-0.15, -0.1) is 0 Å². The summed E-state index contributed by atoms with van der Waals surface area (Å²) in [6.45, 7) is 1.88. The van der Waals surface area contributed by atoms with E-state index in [1.165, 1.54) is 0 Å². The van der Waals surface area contributed by atoms with E-state index in [9.17, 15) is 9.59 Å². The van der Waals surface area contributed by atoms with Gasteiger partial charge in [0.15, 0.2) is 0 Å². The number of nitrogens with one attached hydrogen (secondary N) is 1. The minimum absolute atomic E-state index is 0.380. The molecule has 0 unspecified atom stereocenters. The second kappa shape index (κ2) is 7.45. The van der Waals surface area contributed by atoms with E-state index in [0.29, 0.717) is 24.1 Å². The molecule has 0 aliphatic heterocycles. The Labute approximate surface area is 135 Å². The fourth-order valence-corrected chi connectivity index (χ4v) is 2.28. The number of nitrogens with two attached hydrogens (primary N) is 1. The number of benzene rings is 2. The Hall–Kier alpha value is -2.82. The summed E-state index contributed by atoms with van der Waals surface area (Å²) in [5.74, 6) is -1.39. The number of rotatable bonds is 6. The van der Waals surface area contributed by atoms with Crippen LogP contribution in [0.15, 0.2) is 48.5 Å². The molecular formula is C18H20N2O3. The normalized spacial score (nSPS) is 11.7. The molecule has 2 aromatic rings. The highest BCUT2D eigenvalue weighted by atomic mass is 16.4. The summed E-state index contributed by atoms with van der Waals surface area (Å²) in [6.07, 6.45) is 1.10. The predicted molar refractivity (Wildman–Crippen MR) is 90.1 cm³/mol. The van der Waals surface area contributed by atoms with Crippen LogP contribution in [0.25, 0.3) is 11.1 Å². The van der Waals surface area contributed by atoms with Gasteiger partial charge in [-0.2, -0.15) is 0 Å². The van der Waals surface area contributed by atoms with Crippen LogP contribution in [0, 0.1) is 0 Å². The van der Waals surface area contributed by atoms with Crippen LogP contribution in [-0.4, -0.2) is 23.0 Å². The lowest BCUT2D eigenvalue weighted by Crippen LogP contribution is -2.40. The second-order valence-corrected chi connectivity index (χ2v) is 5.35. The molecule has 5 nitrogen and oxygen atoms in total. The lowest BCUT2D eigenvalue weighted by atomic mass is 10.0. The molecular weight excluding hydrogens is 292 g/mol. The first-order valence-electron chi connectivity index (χ1n) is 7.51. The third kappa shape index (κ3) is 4.32. The van der Waals surface area contributed by atoms with Crippen molar-refractivity contribution in [1.82, 2.24) is 5.32 Å². The predicted octanol–water partition coefficient (Wildman–Crippen LogP) is 2.92. The zero-order chi connectivity index (χ0) is 16.8. The Kier molecular flexibility index (Phi) is 5.36. The Balaban J connectivity index is 2.10. The number of anilines is 1. The first-order valence-corrected chi connectivity index (χ1v) is 7.51. The molecule has 120 valence electrons. The molecule has 0 heterocycles. The molecule has 1 amide bonds. The van der Waals surface area contributed by atoms with Gasteiger partial charge >= 0.3 is 5.97 Å². The van der Waals surface area contributed by atoms with E-state index in [4.69, 9.17) is 10.8 Å². The first kappa shape index (κ1) is 16.5. The smallest absolute Gasteiger partial charge is 0.326 e. The van der Waals surface area contributed by atoms with Gasteiger partial charge in [-0.3, -0.25) is 4.79 Å². The maximum absolute atomic E-state index is 12.1. The van der Waals surface area contributed by atoms with Crippen molar-refractivity contribution >= 4 is 17.6 Å². The second-order valence-electron chi connectivity index (χ2n) is 5.35. The van der Waals surface area contributed by atoms with Crippen LogP contribution in [0.2, 0.25) is 0 Å². The van der Waals surface area contributed by atoms with E-state index < -0.39 is 12.0 Å². The van der Waals surface area contributed by atoms with Gasteiger partial charge in [0.05, 0.1) is 0 Å². The van der Waals surface area contributed by atoms with Crippen LogP contribution >= 0.6 is 0 Å². The Bertz CT molecular complexity index is 678. The minimum atomic E-state index is -1.02. The van der Waals surface area contributed by atoms with Crippen molar-refractivity contribution in [3.05, 3.63) is 54.1 Å². The Morgan fingerprint density at radius 1 is 1.04 bits per heavy atom. The van der Waals surface area contributed by atoms with Crippen molar-refractivity contribution < 1.29 is 14.7 Å². The summed E-state index contributed by atoms with van der Waals surface area (Å²) in [5.41, 5.74) is 8.76. The average Bonchev–Trinajstić information content (AvgIpc) is 2.55. The fraction of sp³-hybridized carbons (Fsp3) is 0.222. The lowest BCUT2D eigenvalue weighted by molar-refractivity contribution is -0.139. The highest BCUT2D eigenvalue weighted by Crippen LogP contribution is 2.21. The highest BCUT2D eigenvalue weighted by molar-refractivity contribution is 5.97. The van der Waals surface area contributed by atoms with Crippen LogP contribution in [0.3, 0.4) is 0 Å². The third-order valence-corrected chi connectivity index (χ3v) is 3.57. The maximum Gasteiger partial charge on any atom is 0.326 e. The van der Waals surface area contributed by atoms with E-state index >= 15 is 0 Å². The van der Waals surface area contributed by atoms with Gasteiger partial charge in [0.1, 0.15) is 6.04 Å². The number of aliphatic carboxylic acids is 1. The van der Waals surface area contributed by atoms with Gasteiger partial charge in [0.25, 0.3) is 5.91 Å². The van der Waals surface area contributed by atoms with Gasteiger partial charge in [-0.05, 0) is 41.8 Å². The standard InChI is InChI=1S/C18H20N2O3/c1-2-3-16(18(22)23)20-17(21)14-6-4-12(5-7-14)13-8-10-15(19)11-9-13/h4-11,16H,2-3,19H2,1H3,(H,20,21)(H,22,23)/t16-/m0/s1. The van der Waals surface area contributed by atoms with E-state index in [1.807, 2.05) is 43.3 Å². The summed E-state index contributed by atoms with van der Waals surface area (Å²) >= 11 is 0. The third-order valence-electron chi connectivity index (χ3n) is 3.57. The molecule has 0 radical (unpaired) electrons. The summed E-state index contributed by atoms with van der Waals surface area (Å²) in [7, 11) is 0. The van der Waals surface area contributed by atoms with Gasteiger partial charge in [0.2, 0.25) is 0 Å². The molecule has 2 rings (SSSR count). The summed E-state index contributed by atoms with van der Waals surface area (Å²) in [6, 6.07) is 13.6. The Morgan fingerprint density at radius 3 is 2.04 bits per heavy atom. The molecule has 0 aliphatic carbocycles. The number of hydrogen-bond acceptors (Lipinski definition) is 3. The van der Waals surface area contributed by atoms with Gasteiger partial charge in [-0.25, -0.2) is 4.79 Å². The SMILES string of the molecule is CCC[C@H](NC(=O)c1ccc(-c2ccc(N)cc2)cc1)C(=O)O. The molecule has 0 fully saturated rings. The minimum Gasteiger partial charge on any atom is -0.480 e. The molecule has 0 saturated carbocycles. The largest absolute Gasteiger partial charge is 0.480 e. The van der Waals surface area contributed by atoms with E-state index in [-0.39, 0.29) is 5.91 Å². The van der Waals surface area contributed by atoms with Crippen LogP contribution in [0.1, 0.15) is 30.1 Å². The van der Waals surface area contributed by atoms with Gasteiger partial charge in [-0.1, -0.05) is 37.6 Å². The summed E-state index contributed by atoms with van der Waals surface area (Å²) < 4.78 is 0. The lowest BCUT2D eigenvalue weighted by Gasteiger charge is -2.13. The molecule has 5 heteroatoms. The van der Waals surface area contributed by atoms with Crippen LogP contribution in [0.5, 0.6) is 0 Å². The van der Waals surface area contributed by atoms with Crippen LogP contribution in [-0.2, 0) is 4.79 Å². The quantitative estimate of drug-likeness (QED) is 0.715. The molecule has 0 aromatic heterocycles. The number of carbonyl (C=O) groups is 2. The molecule has 0 aliphatic rings. The number of carboxylic acid groups (broad SMARTS) is 1. The van der Waals surface area contributed by atoms with Gasteiger partial charge in [0, 0.05) is 11.3 Å². The molecule has 0 spiro atoms. The first-order chi connectivity index (χ1) is 11.0. The average molecular weight is 312 g/mol. The monoisotopic (exact) mass is 312 g/mol. The molecule has 0 bridgehead atoms. The summed E-state index contributed by atoms with van der Waals surface area (Å²) in [4.78, 5) is 23.2. The number of carboxylic acids is 1.